The first-order valence-electron chi connectivity index (χ1n) is 24.7. The molecule has 5 N–H and O–H groups in total. The summed E-state index contributed by atoms with van der Waals surface area (Å²) < 4.78 is 25.3. The maximum Gasteiger partial charge on any atom is 0.311 e. The molecule has 4 rings (SSSR count). The molecule has 1 amide bonds. The number of hydrogen-bond acceptors (Lipinski definition) is 14. The van der Waals surface area contributed by atoms with Gasteiger partial charge in [-0.2, -0.15) is 0 Å². The summed E-state index contributed by atoms with van der Waals surface area (Å²) in [7, 11) is 3.59. The molecule has 1 aromatic heterocycles. The van der Waals surface area contributed by atoms with Crippen LogP contribution in [0.25, 0.3) is 5.69 Å². The van der Waals surface area contributed by atoms with Crippen LogP contribution in [0, 0.1) is 42.4 Å². The lowest BCUT2D eigenvalue weighted by molar-refractivity contribution is -0.174. The highest BCUT2D eigenvalue weighted by atomic mass is 16.6. The zero-order chi connectivity index (χ0) is 51.5. The number of Topliss-reactive ketones (excluding diaryl/α,β-unsaturated/α-hetero) is 1. The van der Waals surface area contributed by atoms with Gasteiger partial charge in [-0.3, -0.25) is 14.4 Å². The maximum atomic E-state index is 13.2. The molecule has 0 bridgehead atoms. The Morgan fingerprint density at radius 1 is 1.03 bits per heavy atom. The van der Waals surface area contributed by atoms with E-state index >= 15 is 0 Å². The zero-order valence-electron chi connectivity index (χ0n) is 43.3. The number of nitrogens with zero attached hydrogens (tertiary/aromatic N) is 4. The SMILES string of the molecule is C#C.CCC[C@H](C)O[C@@H]1C(C)C(=O)O[C@H](CC)[C@H](C)[C@H](O)[C@@H](C)C(=O)[C@H](C)C[C@@](C)(OC)C[C@H]1C.CCc1cn(-c2ccc(C(O)C(CO)NC(=O)CCN(C)C3C[C@@H](C)O[C@@H](O)C3)cc2)nn1. The van der Waals surface area contributed by atoms with Crippen molar-refractivity contribution < 1.29 is 53.8 Å². The van der Waals surface area contributed by atoms with Crippen LogP contribution in [0.15, 0.2) is 30.5 Å². The highest BCUT2D eigenvalue weighted by Gasteiger charge is 2.42. The van der Waals surface area contributed by atoms with Crippen LogP contribution in [0.1, 0.15) is 145 Å². The number of cyclic esters (lactones) is 1. The highest BCUT2D eigenvalue weighted by Crippen LogP contribution is 2.36. The second kappa shape index (κ2) is 29.4. The number of carbonyl (C=O) groups excluding carboxylic acids is 3. The number of aromatic nitrogens is 3. The van der Waals surface area contributed by atoms with Crippen LogP contribution in [0.4, 0.5) is 0 Å². The molecular weight excluding hydrogens is 871 g/mol. The van der Waals surface area contributed by atoms with Crippen LogP contribution in [0.2, 0.25) is 0 Å². The Bertz CT molecular complexity index is 1800. The van der Waals surface area contributed by atoms with Gasteiger partial charge in [0, 0.05) is 50.3 Å². The van der Waals surface area contributed by atoms with E-state index in [1.807, 2.05) is 73.5 Å². The Labute approximate surface area is 407 Å². The number of aliphatic hydroxyl groups is 4. The van der Waals surface area contributed by atoms with Crippen molar-refractivity contribution in [3.8, 4) is 18.5 Å². The Hall–Kier alpha value is -3.79. The zero-order valence-corrected chi connectivity index (χ0v) is 43.3. The summed E-state index contributed by atoms with van der Waals surface area (Å²) >= 11 is 0. The van der Waals surface area contributed by atoms with Crippen molar-refractivity contribution in [1.29, 1.82) is 0 Å². The molecule has 0 saturated carbocycles. The van der Waals surface area contributed by atoms with Crippen molar-refractivity contribution in [1.82, 2.24) is 25.2 Å². The molecule has 68 heavy (non-hydrogen) atoms. The quantitative estimate of drug-likeness (QED) is 0.0966. The number of rotatable bonds is 16. The van der Waals surface area contributed by atoms with Gasteiger partial charge in [-0.15, -0.1) is 17.9 Å². The molecular formula is C52H87N5O11. The summed E-state index contributed by atoms with van der Waals surface area (Å²) in [4.78, 5) is 41.0. The summed E-state index contributed by atoms with van der Waals surface area (Å²) in [5.74, 6) is -2.17. The van der Waals surface area contributed by atoms with Crippen LogP contribution in [0.3, 0.4) is 0 Å². The lowest BCUT2D eigenvalue weighted by Gasteiger charge is -2.39. The van der Waals surface area contributed by atoms with Gasteiger partial charge >= 0.3 is 5.97 Å². The first-order chi connectivity index (χ1) is 32.1. The largest absolute Gasteiger partial charge is 0.462 e. The van der Waals surface area contributed by atoms with Crippen molar-refractivity contribution in [2.45, 2.75) is 195 Å². The Balaban J connectivity index is 0.000000450. The predicted octanol–water partition coefficient (Wildman–Crippen LogP) is 5.99. The van der Waals surface area contributed by atoms with Crippen LogP contribution in [0.5, 0.6) is 0 Å². The van der Waals surface area contributed by atoms with E-state index < -0.39 is 54.7 Å². The molecule has 2 saturated heterocycles. The van der Waals surface area contributed by atoms with Gasteiger partial charge < -0.3 is 49.6 Å². The number of amides is 1. The van der Waals surface area contributed by atoms with Crippen LogP contribution in [-0.4, -0.2) is 140 Å². The lowest BCUT2D eigenvalue weighted by Crippen LogP contribution is -2.46. The number of terminal acetylenes is 1. The van der Waals surface area contributed by atoms with Crippen LogP contribution < -0.4 is 5.32 Å². The smallest absolute Gasteiger partial charge is 0.311 e. The molecule has 2 aliphatic rings. The third-order valence-electron chi connectivity index (χ3n) is 13.8. The third kappa shape index (κ3) is 17.9. The average Bonchev–Trinajstić information content (AvgIpc) is 3.82. The molecule has 0 aliphatic carbocycles. The van der Waals surface area contributed by atoms with E-state index in [0.717, 1.165) is 37.1 Å². The molecule has 2 aliphatic heterocycles. The number of nitrogens with one attached hydrogen (secondary N) is 1. The summed E-state index contributed by atoms with van der Waals surface area (Å²) in [6.07, 6.45) is 12.3. The molecule has 4 unspecified atom stereocenters. The van der Waals surface area contributed by atoms with Gasteiger partial charge in [-0.25, -0.2) is 4.68 Å². The summed E-state index contributed by atoms with van der Waals surface area (Å²) in [6.45, 7) is 21.7. The first kappa shape index (κ1) is 60.3. The predicted molar refractivity (Wildman–Crippen MR) is 262 cm³/mol. The topological polar surface area (TPSA) is 215 Å². The Morgan fingerprint density at radius 3 is 2.22 bits per heavy atom. The normalized spacial score (nSPS) is 30.9. The molecule has 3 heterocycles. The molecule has 386 valence electrons. The fourth-order valence-corrected chi connectivity index (χ4v) is 9.59. The second-order valence-corrected chi connectivity index (χ2v) is 19.5. The van der Waals surface area contributed by atoms with Crippen LogP contribution >= 0.6 is 0 Å². The van der Waals surface area contributed by atoms with E-state index in [0.29, 0.717) is 37.8 Å². The number of ether oxygens (including phenoxy) is 4. The molecule has 2 aromatic rings. The van der Waals surface area contributed by atoms with Gasteiger partial charge in [0.2, 0.25) is 5.91 Å². The Kier molecular flexibility index (Phi) is 26.1. The van der Waals surface area contributed by atoms with Crippen molar-refractivity contribution in [3.05, 3.63) is 41.7 Å². The molecule has 0 radical (unpaired) electrons. The number of aryl methyl sites for hydroxylation is 1. The molecule has 16 heteroatoms. The Morgan fingerprint density at radius 2 is 1.68 bits per heavy atom. The van der Waals surface area contributed by atoms with Crippen molar-refractivity contribution in [3.63, 3.8) is 0 Å². The molecule has 16 nitrogen and oxygen atoms in total. The van der Waals surface area contributed by atoms with Gasteiger partial charge in [0.05, 0.1) is 66.2 Å². The second-order valence-electron chi connectivity index (χ2n) is 19.5. The fourth-order valence-electron chi connectivity index (χ4n) is 9.59. The summed E-state index contributed by atoms with van der Waals surface area (Å²) in [5.41, 5.74) is 1.71. The van der Waals surface area contributed by atoms with E-state index in [2.05, 4.69) is 42.3 Å². The van der Waals surface area contributed by atoms with Crippen molar-refractivity contribution >= 4 is 17.7 Å². The van der Waals surface area contributed by atoms with Gasteiger partial charge in [-0.1, -0.05) is 72.2 Å². The molecule has 15 atom stereocenters. The van der Waals surface area contributed by atoms with E-state index in [1.165, 1.54) is 0 Å². The number of benzene rings is 1. The van der Waals surface area contributed by atoms with E-state index in [4.69, 9.17) is 18.9 Å². The maximum absolute atomic E-state index is 13.2. The van der Waals surface area contributed by atoms with Crippen molar-refractivity contribution in [2.75, 3.05) is 27.3 Å². The van der Waals surface area contributed by atoms with Crippen LogP contribution in [-0.2, 0) is 39.8 Å². The summed E-state index contributed by atoms with van der Waals surface area (Å²) in [5, 5.41) is 52.1. The first-order valence-corrected chi connectivity index (χ1v) is 24.7. The van der Waals surface area contributed by atoms with Gasteiger partial charge in [0.25, 0.3) is 0 Å². The minimum absolute atomic E-state index is 0.0150. The number of methoxy groups -OCH3 is 1. The van der Waals surface area contributed by atoms with E-state index in [9.17, 15) is 34.8 Å². The fraction of sp³-hybridized carbons (Fsp3) is 0.750. The van der Waals surface area contributed by atoms with Gasteiger partial charge in [0.15, 0.2) is 6.29 Å². The monoisotopic (exact) mass is 958 g/mol. The minimum Gasteiger partial charge on any atom is -0.462 e. The molecule has 2 fully saturated rings. The molecule has 0 spiro atoms. The lowest BCUT2D eigenvalue weighted by atomic mass is 9.76. The summed E-state index contributed by atoms with van der Waals surface area (Å²) in [6, 6.07) is 6.41. The number of ketones is 1. The standard InChI is InChI=1S/C27H50O6.C23H35N5O5.C2H2/c1-11-13-18(5)32-25-17(4)15-27(9,31-10)14-16(3)23(28)20(7)24(29)19(6)22(12-2)33-26(30)21(25)8;1-4-17-13-28(26-25-17)18-7-5-16(6-8-18)23(32)20(14-29)24-21(30)9-10-27(3)19-11-15(2)33-22(31)12-19;1-2/h16-22,24-25,29H,11-15H2,1-10H3;5-8,13,15,19-20,22-23,29,31-32H,4,9-12,14H2,1-3H3,(H,24,30);1-2H/t16-,17-,18+,19+,20+,21?,22-,24+,25+,27-;15-,19?,20?,22-,23?;/m11./s1. The van der Waals surface area contributed by atoms with Gasteiger partial charge in [-0.05, 0) is 96.9 Å². The van der Waals surface area contributed by atoms with Gasteiger partial charge in [0.1, 0.15) is 18.0 Å². The number of hydrogen-bond donors (Lipinski definition) is 5. The van der Waals surface area contributed by atoms with E-state index in [-0.39, 0.29) is 66.2 Å². The number of aliphatic hydroxyl groups excluding tert-OH is 4. The average molecular weight is 958 g/mol. The van der Waals surface area contributed by atoms with Crippen molar-refractivity contribution in [2.24, 2.45) is 29.6 Å². The minimum atomic E-state index is -1.06. The molecule has 1 aromatic carbocycles. The highest BCUT2D eigenvalue weighted by molar-refractivity contribution is 5.83. The van der Waals surface area contributed by atoms with E-state index in [1.54, 1.807) is 43.0 Å². The number of esters is 1. The number of carbonyl (C=O) groups is 3. The third-order valence-corrected chi connectivity index (χ3v) is 13.8.